The molecule has 1 fully saturated rings. The van der Waals surface area contributed by atoms with Crippen molar-refractivity contribution in [3.8, 4) is 0 Å². The van der Waals surface area contributed by atoms with Crippen molar-refractivity contribution in [2.24, 2.45) is 0 Å². The van der Waals surface area contributed by atoms with Gasteiger partial charge in [0.15, 0.2) is 11.7 Å². The van der Waals surface area contributed by atoms with E-state index in [9.17, 15) is 13.2 Å². The number of pyridine rings is 1. The molecule has 0 radical (unpaired) electrons. The second-order valence-electron chi connectivity index (χ2n) is 6.97. The average Bonchev–Trinajstić information content (AvgIpc) is 2.66. The Kier molecular flexibility index (Phi) is 6.34. The fourth-order valence-electron chi connectivity index (χ4n) is 3.14. The van der Waals surface area contributed by atoms with Gasteiger partial charge in [-0.2, -0.15) is 4.31 Å². The molecule has 150 valence electrons. The number of piperazine rings is 1. The predicted octanol–water partition coefficient (Wildman–Crippen LogP) is 0.880. The van der Waals surface area contributed by atoms with Crippen LogP contribution in [0.2, 0.25) is 5.15 Å². The molecule has 1 amide bonds. The van der Waals surface area contributed by atoms with Crippen molar-refractivity contribution in [1.29, 1.82) is 0 Å². The van der Waals surface area contributed by atoms with Crippen LogP contribution in [0, 0.1) is 13.8 Å². The molecule has 0 unspecified atom stereocenters. The maximum absolute atomic E-state index is 12.9. The zero-order chi connectivity index (χ0) is 20.3. The summed E-state index contributed by atoms with van der Waals surface area (Å²) in [6.07, 6.45) is 1.55. The Bertz CT molecular complexity index is 973. The summed E-state index contributed by atoms with van der Waals surface area (Å²) >= 11 is 5.95. The molecule has 2 aromatic rings. The Morgan fingerprint density at radius 1 is 1.21 bits per heavy atom. The third-order valence-electron chi connectivity index (χ3n) is 4.99. The summed E-state index contributed by atoms with van der Waals surface area (Å²) in [5, 5.41) is 3.00. The Morgan fingerprint density at radius 2 is 1.93 bits per heavy atom. The van der Waals surface area contributed by atoms with Crippen molar-refractivity contribution in [2.45, 2.75) is 18.7 Å². The number of hydrogen-bond donors (Lipinski definition) is 2. The SMILES string of the molecule is Cc1ccc(S(=O)(=O)N2CC[NH+](CC(=O)Nc3cccnc3Cl)CC2)cc1C. The van der Waals surface area contributed by atoms with Crippen LogP contribution in [-0.4, -0.2) is 56.3 Å². The van der Waals surface area contributed by atoms with Crippen molar-refractivity contribution in [2.75, 3.05) is 38.0 Å². The van der Waals surface area contributed by atoms with E-state index in [0.717, 1.165) is 16.0 Å². The third-order valence-corrected chi connectivity index (χ3v) is 7.19. The molecular weight excluding hydrogens is 400 g/mol. The molecule has 1 aromatic carbocycles. The highest BCUT2D eigenvalue weighted by Crippen LogP contribution is 2.19. The normalized spacial score (nSPS) is 16.1. The zero-order valence-electron chi connectivity index (χ0n) is 15.9. The minimum Gasteiger partial charge on any atom is -0.325 e. The highest BCUT2D eigenvalue weighted by molar-refractivity contribution is 7.89. The molecule has 1 saturated heterocycles. The molecule has 7 nitrogen and oxygen atoms in total. The summed E-state index contributed by atoms with van der Waals surface area (Å²) in [6.45, 7) is 6.01. The molecule has 0 spiro atoms. The summed E-state index contributed by atoms with van der Waals surface area (Å²) < 4.78 is 27.2. The maximum Gasteiger partial charge on any atom is 0.279 e. The number of carbonyl (C=O) groups excluding carboxylic acids is 1. The molecular formula is C19H24ClN4O3S+. The van der Waals surface area contributed by atoms with Crippen LogP contribution >= 0.6 is 11.6 Å². The van der Waals surface area contributed by atoms with Gasteiger partial charge in [0, 0.05) is 6.20 Å². The first-order valence-electron chi connectivity index (χ1n) is 9.08. The number of aryl methyl sites for hydroxylation is 2. The molecule has 1 aliphatic heterocycles. The van der Waals surface area contributed by atoms with E-state index < -0.39 is 10.0 Å². The van der Waals surface area contributed by atoms with Crippen LogP contribution in [0.1, 0.15) is 11.1 Å². The number of amides is 1. The number of carbonyl (C=O) groups is 1. The van der Waals surface area contributed by atoms with Crippen LogP contribution in [0.15, 0.2) is 41.4 Å². The lowest BCUT2D eigenvalue weighted by Gasteiger charge is -2.31. The quantitative estimate of drug-likeness (QED) is 0.699. The Hall–Kier alpha value is -2.00. The molecule has 0 atom stereocenters. The van der Waals surface area contributed by atoms with Gasteiger partial charge in [-0.3, -0.25) is 4.79 Å². The fourth-order valence-corrected chi connectivity index (χ4v) is 4.84. The highest BCUT2D eigenvalue weighted by atomic mass is 35.5. The van der Waals surface area contributed by atoms with Crippen LogP contribution in [0.25, 0.3) is 0 Å². The van der Waals surface area contributed by atoms with E-state index in [1.165, 1.54) is 4.31 Å². The number of rotatable bonds is 5. The first kappa shape index (κ1) is 20.7. The van der Waals surface area contributed by atoms with Crippen LogP contribution in [0.4, 0.5) is 5.69 Å². The highest BCUT2D eigenvalue weighted by Gasteiger charge is 2.31. The Labute approximate surface area is 170 Å². The molecule has 1 aromatic heterocycles. The van der Waals surface area contributed by atoms with Crippen LogP contribution in [0.5, 0.6) is 0 Å². The van der Waals surface area contributed by atoms with Gasteiger partial charge in [-0.1, -0.05) is 17.7 Å². The van der Waals surface area contributed by atoms with Crippen molar-refractivity contribution in [3.63, 3.8) is 0 Å². The van der Waals surface area contributed by atoms with Gasteiger partial charge in [-0.05, 0) is 49.2 Å². The number of anilines is 1. The summed E-state index contributed by atoms with van der Waals surface area (Å²) in [5.74, 6) is -0.171. The van der Waals surface area contributed by atoms with Gasteiger partial charge in [-0.25, -0.2) is 13.4 Å². The van der Waals surface area contributed by atoms with Crippen LogP contribution < -0.4 is 10.2 Å². The van der Waals surface area contributed by atoms with Crippen LogP contribution in [-0.2, 0) is 14.8 Å². The second-order valence-corrected chi connectivity index (χ2v) is 9.26. The lowest BCUT2D eigenvalue weighted by atomic mass is 10.1. The van der Waals surface area contributed by atoms with E-state index in [0.29, 0.717) is 36.8 Å². The largest absolute Gasteiger partial charge is 0.325 e. The molecule has 1 aliphatic rings. The monoisotopic (exact) mass is 423 g/mol. The summed E-state index contributed by atoms with van der Waals surface area (Å²) in [5.41, 5.74) is 2.49. The number of nitrogens with one attached hydrogen (secondary N) is 2. The minimum absolute atomic E-state index is 0.171. The molecule has 3 rings (SSSR count). The smallest absolute Gasteiger partial charge is 0.279 e. The second kappa shape index (κ2) is 8.57. The number of hydrogen-bond acceptors (Lipinski definition) is 4. The lowest BCUT2D eigenvalue weighted by Crippen LogP contribution is -3.15. The van der Waals surface area contributed by atoms with Crippen molar-refractivity contribution >= 4 is 33.2 Å². The summed E-state index contributed by atoms with van der Waals surface area (Å²) in [4.78, 5) is 17.5. The van der Waals surface area contributed by atoms with Gasteiger partial charge in [0.1, 0.15) is 0 Å². The fraction of sp³-hybridized carbons (Fsp3) is 0.368. The molecule has 2 heterocycles. The zero-order valence-corrected chi connectivity index (χ0v) is 17.5. The summed E-state index contributed by atoms with van der Waals surface area (Å²) in [7, 11) is -3.51. The van der Waals surface area contributed by atoms with Crippen LogP contribution in [0.3, 0.4) is 0 Å². The van der Waals surface area contributed by atoms with Gasteiger partial charge < -0.3 is 10.2 Å². The number of nitrogens with zero attached hydrogens (tertiary/aromatic N) is 2. The van der Waals surface area contributed by atoms with E-state index in [1.807, 2.05) is 19.9 Å². The number of sulfonamides is 1. The van der Waals surface area contributed by atoms with Crippen molar-refractivity contribution < 1.29 is 18.1 Å². The Morgan fingerprint density at radius 3 is 2.57 bits per heavy atom. The third kappa shape index (κ3) is 4.70. The van der Waals surface area contributed by atoms with E-state index in [-0.39, 0.29) is 17.6 Å². The topological polar surface area (TPSA) is 83.8 Å². The molecule has 0 bridgehead atoms. The van der Waals surface area contributed by atoms with E-state index in [4.69, 9.17) is 11.6 Å². The number of benzene rings is 1. The first-order valence-corrected chi connectivity index (χ1v) is 10.9. The predicted molar refractivity (Wildman–Crippen MR) is 108 cm³/mol. The molecule has 0 aliphatic carbocycles. The standard InChI is InChI=1S/C19H23ClN4O3S/c1-14-5-6-16(12-15(14)2)28(26,27)24-10-8-23(9-11-24)13-18(25)22-17-4-3-7-21-19(17)20/h3-7,12H,8-11,13H2,1-2H3,(H,22,25)/p+1. The summed E-state index contributed by atoms with van der Waals surface area (Å²) in [6, 6.07) is 8.59. The van der Waals surface area contributed by atoms with Gasteiger partial charge in [-0.15, -0.1) is 0 Å². The van der Waals surface area contributed by atoms with E-state index in [2.05, 4.69) is 10.3 Å². The van der Waals surface area contributed by atoms with E-state index >= 15 is 0 Å². The first-order chi connectivity index (χ1) is 13.3. The number of halogens is 1. The molecule has 2 N–H and O–H groups in total. The maximum atomic E-state index is 12.9. The number of quaternary nitrogens is 1. The van der Waals surface area contributed by atoms with Crippen molar-refractivity contribution in [3.05, 3.63) is 52.8 Å². The lowest BCUT2D eigenvalue weighted by molar-refractivity contribution is -0.895. The van der Waals surface area contributed by atoms with Gasteiger partial charge in [0.05, 0.1) is 36.8 Å². The molecule has 28 heavy (non-hydrogen) atoms. The van der Waals surface area contributed by atoms with E-state index in [1.54, 1.807) is 30.5 Å². The molecule has 0 saturated carbocycles. The average molecular weight is 424 g/mol. The molecule has 9 heteroatoms. The van der Waals surface area contributed by atoms with Gasteiger partial charge in [0.25, 0.3) is 5.91 Å². The van der Waals surface area contributed by atoms with Gasteiger partial charge in [0.2, 0.25) is 10.0 Å². The Balaban J connectivity index is 1.57. The number of aromatic nitrogens is 1. The minimum atomic E-state index is -3.51. The van der Waals surface area contributed by atoms with Gasteiger partial charge >= 0.3 is 0 Å². The van der Waals surface area contributed by atoms with Crippen molar-refractivity contribution in [1.82, 2.24) is 9.29 Å².